The quantitative estimate of drug-likeness (QED) is 0.676. The van der Waals surface area contributed by atoms with Gasteiger partial charge in [0.2, 0.25) is 1.43 Å². The fourth-order valence-electron chi connectivity index (χ4n) is 0.784. The fourth-order valence-corrected chi connectivity index (χ4v) is 0.784. The molecular formula is C9H18NO2. The minimum atomic E-state index is -4.41. The molecule has 0 aliphatic carbocycles. The van der Waals surface area contributed by atoms with Gasteiger partial charge in [-0.1, -0.05) is 0 Å². The molecule has 0 saturated carbocycles. The van der Waals surface area contributed by atoms with Crippen LogP contribution >= 0.6 is 0 Å². The van der Waals surface area contributed by atoms with Gasteiger partial charge in [-0.2, -0.15) is 0 Å². The van der Waals surface area contributed by atoms with E-state index in [1.54, 1.807) is 0 Å². The average molecular weight is 189 g/mol. The smallest absolute Gasteiger partial charge is 0.210 e. The zero-order chi connectivity index (χ0) is 23.9. The maximum Gasteiger partial charge on any atom is 0.210 e. The molecule has 0 spiro atoms. The van der Waals surface area contributed by atoms with Crippen LogP contribution in [0.15, 0.2) is 0 Å². The molecule has 3 heteroatoms. The molecule has 71 valence electrons. The molecule has 1 saturated heterocycles. The third kappa shape index (κ3) is 1.63. The second-order valence-electron chi connectivity index (χ2n) is 2.38. The predicted molar refractivity (Wildman–Crippen MR) is 45.9 cm³/mol. The average Bonchev–Trinajstić information content (AvgIpc) is 2.29. The van der Waals surface area contributed by atoms with E-state index in [9.17, 15) is 5.21 Å². The van der Waals surface area contributed by atoms with E-state index in [0.29, 0.717) is 0 Å². The van der Waals surface area contributed by atoms with Gasteiger partial charge in [0, 0.05) is 33.0 Å². The van der Waals surface area contributed by atoms with Crippen molar-refractivity contribution in [2.75, 3.05) is 0 Å². The van der Waals surface area contributed by atoms with E-state index < -0.39 is 62.4 Å². The number of aliphatic hydroxyl groups is 1. The summed E-state index contributed by atoms with van der Waals surface area (Å²) < 4.78 is 130. The molecule has 1 radical (unpaired) electrons. The normalized spacial score (nSPS) is 63.9. The van der Waals surface area contributed by atoms with Crippen molar-refractivity contribution >= 4 is 0 Å². The van der Waals surface area contributed by atoms with E-state index in [4.69, 9.17) is 23.4 Å². The van der Waals surface area contributed by atoms with Gasteiger partial charge in [-0.25, -0.2) is 0 Å². The van der Waals surface area contributed by atoms with Crippen LogP contribution in [0.3, 0.4) is 0 Å². The van der Waals surface area contributed by atoms with Crippen LogP contribution in [0.1, 0.15) is 62.1 Å². The summed E-state index contributed by atoms with van der Waals surface area (Å²) >= 11 is 0. The van der Waals surface area contributed by atoms with Crippen molar-refractivity contribution in [3.63, 3.8) is 0 Å². The van der Waals surface area contributed by atoms with Crippen molar-refractivity contribution in [1.82, 2.24) is 5.06 Å². The molecule has 1 heterocycles. The third-order valence-corrected chi connectivity index (χ3v) is 1.29. The Morgan fingerprint density at radius 1 is 1.50 bits per heavy atom. The molecule has 0 bridgehead atoms. The van der Waals surface area contributed by atoms with Gasteiger partial charge < -0.3 is 5.11 Å². The molecule has 0 unspecified atom stereocenters. The van der Waals surface area contributed by atoms with Gasteiger partial charge in [-0.05, 0) is 40.2 Å². The summed E-state index contributed by atoms with van der Waals surface area (Å²) in [5, 5.41) is 15.7. The summed E-state index contributed by atoms with van der Waals surface area (Å²) in [6, 6.07) is 0. The number of hydrogen-bond acceptors (Lipinski definition) is 2. The zero-order valence-corrected chi connectivity index (χ0v) is 5.84. The lowest BCUT2D eigenvalue weighted by Gasteiger charge is -2.48. The molecule has 1 N–H and O–H groups in total. The van der Waals surface area contributed by atoms with Gasteiger partial charge in [-0.3, -0.25) is 0 Å². The second kappa shape index (κ2) is 2.69. The Kier molecular flexibility index (Phi) is 0.378. The summed E-state index contributed by atoms with van der Waals surface area (Å²) in [5.74, 6) is 0. The molecule has 1 aliphatic heterocycles. The summed E-state index contributed by atoms with van der Waals surface area (Å²) in [6.07, 6.45) is -11.3. The summed E-state index contributed by atoms with van der Waals surface area (Å²) in [7, 11) is 0. The first-order valence-electron chi connectivity index (χ1n) is 11.4. The van der Waals surface area contributed by atoms with E-state index in [0.717, 1.165) is 0 Å². The van der Waals surface area contributed by atoms with Crippen molar-refractivity contribution in [2.24, 2.45) is 0 Å². The van der Waals surface area contributed by atoms with Crippen LogP contribution in [-0.2, 0) is 5.21 Å². The Labute approximate surface area is 97.9 Å². The second-order valence-corrected chi connectivity index (χ2v) is 2.38. The molecule has 12 heavy (non-hydrogen) atoms. The van der Waals surface area contributed by atoms with Crippen molar-refractivity contribution in [2.45, 2.75) is 57.3 Å². The van der Waals surface area contributed by atoms with Crippen LogP contribution in [0.4, 0.5) is 0 Å². The maximum atomic E-state index is 13.3. The SMILES string of the molecule is [2H]OC1C([2H])([2H])C(C([2H])([2H])[2H])(C([2H])([2H])[2H])N([O])C(C([2H])([2H])[2H])(C([2H])([2H])[2H])C1([2H])[2H]. The number of piperidine rings is 1. The van der Waals surface area contributed by atoms with Gasteiger partial charge in [0.05, 0.1) is 6.10 Å². The fraction of sp³-hybridized carbons (Fsp3) is 1.00. The highest BCUT2D eigenvalue weighted by Gasteiger charge is 2.45. The molecule has 0 aromatic rings. The summed E-state index contributed by atoms with van der Waals surface area (Å²) in [4.78, 5) is 0. The lowest BCUT2D eigenvalue weighted by molar-refractivity contribution is -0.298. The van der Waals surface area contributed by atoms with Crippen molar-refractivity contribution in [3.8, 4) is 0 Å². The van der Waals surface area contributed by atoms with Crippen molar-refractivity contribution in [1.29, 1.82) is 1.43 Å². The number of hydrogen-bond donors (Lipinski definition) is 1. The van der Waals surface area contributed by atoms with E-state index in [-0.39, 0.29) is 0 Å². The number of nitrogens with zero attached hydrogens (tertiary/aromatic N) is 1. The van der Waals surface area contributed by atoms with Gasteiger partial charge in [0.25, 0.3) is 0 Å². The monoisotopic (exact) mass is 189 g/mol. The molecule has 0 aromatic carbocycles. The molecule has 0 amide bonds. The Hall–Kier alpha value is -0.120. The van der Waals surface area contributed by atoms with Crippen LogP contribution in [0.25, 0.3) is 0 Å². The lowest BCUT2D eigenvalue weighted by Crippen LogP contribution is -2.59. The molecule has 0 atom stereocenters. The first-order chi connectivity index (χ1) is 12.3. The highest BCUT2D eigenvalue weighted by atomic mass is 16.5. The molecule has 3 nitrogen and oxygen atoms in total. The third-order valence-electron chi connectivity index (χ3n) is 1.29. The minimum Gasteiger partial charge on any atom is -0.393 e. The first-order valence-corrected chi connectivity index (χ1v) is 2.94. The molecule has 0 aromatic heterocycles. The van der Waals surface area contributed by atoms with Crippen LogP contribution in [0.5, 0.6) is 0 Å². The standard InChI is InChI=1S/C9H18NO2/c1-8(2)5-7(11)6-9(3,4)10(8)12/h7,11H,5-6H2,1-4H3/i1D3,2D3,3D3,4D3,5D2,6D2,11D. The molecule has 1 rings (SSSR count). The van der Waals surface area contributed by atoms with Gasteiger partial charge >= 0.3 is 0 Å². The number of aliphatic hydroxyl groups excluding tert-OH is 1. The minimum absolute atomic E-state index is 1.48. The first kappa shape index (κ1) is 1.69. The van der Waals surface area contributed by atoms with Gasteiger partial charge in [0.1, 0.15) is 0 Å². The predicted octanol–water partition coefficient (Wildman–Crippen LogP) is 1.35. The summed E-state index contributed by atoms with van der Waals surface area (Å²) in [6.45, 7) is -16.8. The topological polar surface area (TPSA) is 43.4 Å². The Balaban J connectivity index is 4.44. The largest absolute Gasteiger partial charge is 0.393 e. The van der Waals surface area contributed by atoms with E-state index in [2.05, 4.69) is 5.11 Å². The Bertz CT molecular complexity index is 547. The van der Waals surface area contributed by atoms with Crippen LogP contribution < -0.4 is 0 Å². The van der Waals surface area contributed by atoms with E-state index >= 15 is 0 Å². The molecule has 1 aliphatic rings. The Morgan fingerprint density at radius 2 is 2.00 bits per heavy atom. The lowest BCUT2D eigenvalue weighted by atomic mass is 9.80. The zero-order valence-electron chi connectivity index (χ0n) is 22.8. The number of rotatable bonds is 1. The van der Waals surface area contributed by atoms with Crippen molar-refractivity contribution < 1.29 is 32.2 Å². The van der Waals surface area contributed by atoms with E-state index in [1.807, 2.05) is 0 Å². The van der Waals surface area contributed by atoms with E-state index in [1.165, 1.54) is 0 Å². The van der Waals surface area contributed by atoms with Gasteiger partial charge in [0.15, 0.2) is 0 Å². The molecule has 1 fully saturated rings. The van der Waals surface area contributed by atoms with Gasteiger partial charge in [-0.15, -0.1) is 10.3 Å². The highest BCUT2D eigenvalue weighted by Crippen LogP contribution is 2.36. The van der Waals surface area contributed by atoms with Crippen LogP contribution in [0.2, 0.25) is 0 Å². The highest BCUT2D eigenvalue weighted by molar-refractivity contribution is 4.95. The van der Waals surface area contributed by atoms with Crippen LogP contribution in [0, 0.1) is 0 Å². The number of hydroxylamine groups is 2. The van der Waals surface area contributed by atoms with Crippen molar-refractivity contribution in [3.05, 3.63) is 0 Å². The Morgan fingerprint density at radius 3 is 2.33 bits per heavy atom. The molecular weight excluding hydrogens is 154 g/mol. The maximum absolute atomic E-state index is 13.3. The van der Waals surface area contributed by atoms with Crippen LogP contribution in [-0.4, -0.2) is 28.8 Å². The summed E-state index contributed by atoms with van der Waals surface area (Å²) in [5.41, 5.74) is -8.82.